The van der Waals surface area contributed by atoms with Crippen LogP contribution in [0.4, 0.5) is 11.5 Å². The smallest absolute Gasteiger partial charge is 0.345 e. The highest BCUT2D eigenvalue weighted by molar-refractivity contribution is 7.97. The molecule has 14 heteroatoms. The van der Waals surface area contributed by atoms with Gasteiger partial charge in [-0.15, -0.1) is 11.3 Å². The molecule has 0 spiro atoms. The molecular weight excluding hydrogens is 465 g/mol. The van der Waals surface area contributed by atoms with Crippen LogP contribution in [0.3, 0.4) is 0 Å². The van der Waals surface area contributed by atoms with Crippen LogP contribution in [0.5, 0.6) is 0 Å². The fraction of sp³-hybridized carbons (Fsp3) is 0.176. The number of aromatic nitrogens is 3. The molecule has 0 bridgehead atoms. The molecule has 0 unspecified atom stereocenters. The van der Waals surface area contributed by atoms with Gasteiger partial charge in [0.25, 0.3) is 5.91 Å². The summed E-state index contributed by atoms with van der Waals surface area (Å²) in [6.07, 6.45) is 3.04. The van der Waals surface area contributed by atoms with E-state index in [1.807, 2.05) is 0 Å². The summed E-state index contributed by atoms with van der Waals surface area (Å²) in [6, 6.07) is 5.30. The zero-order valence-electron chi connectivity index (χ0n) is 16.4. The van der Waals surface area contributed by atoms with Gasteiger partial charge in [0.15, 0.2) is 26.8 Å². The second kappa shape index (κ2) is 9.20. The minimum atomic E-state index is -3.95. The third-order valence-electron chi connectivity index (χ3n) is 4.06. The Morgan fingerprint density at radius 3 is 2.45 bits per heavy atom. The number of hydrogen-bond acceptors (Lipinski definition) is 11. The minimum Gasteiger partial charge on any atom is -0.382 e. The maximum Gasteiger partial charge on any atom is 0.345 e. The highest BCUT2D eigenvalue weighted by atomic mass is 32.2. The first-order chi connectivity index (χ1) is 14.7. The Labute approximate surface area is 182 Å². The summed E-state index contributed by atoms with van der Waals surface area (Å²) in [6.45, 7) is 0. The minimum absolute atomic E-state index is 0.0557. The average molecular weight is 483 g/mol. The van der Waals surface area contributed by atoms with E-state index >= 15 is 0 Å². The van der Waals surface area contributed by atoms with E-state index < -0.39 is 28.8 Å². The van der Waals surface area contributed by atoms with Crippen molar-refractivity contribution >= 4 is 46.2 Å². The van der Waals surface area contributed by atoms with Crippen LogP contribution in [0.2, 0.25) is 0 Å². The van der Waals surface area contributed by atoms with Gasteiger partial charge < -0.3 is 20.1 Å². The van der Waals surface area contributed by atoms with Crippen LogP contribution in [-0.4, -0.2) is 49.0 Å². The van der Waals surface area contributed by atoms with Gasteiger partial charge in [-0.05, 0) is 24.3 Å². The van der Waals surface area contributed by atoms with E-state index in [0.29, 0.717) is 11.4 Å². The zero-order valence-corrected chi connectivity index (χ0v) is 18.9. The average Bonchev–Trinajstić information content (AvgIpc) is 3.29. The van der Waals surface area contributed by atoms with Crippen LogP contribution in [0.15, 0.2) is 47.1 Å². The standard InChI is InChI=1S/C17H18N5O6PS2/c1-27-29(24,28-2)10-31(25,26)12-5-3-11(4-6-12)21-17(23)15-16(18)20-7-13(22-15)14-8-19-9-30-14/h3-9H,10H2,1-2H3,(H2,18,20)(H,21,23). The number of amides is 1. The van der Waals surface area contributed by atoms with Crippen LogP contribution in [0.25, 0.3) is 10.6 Å². The lowest BCUT2D eigenvalue weighted by molar-refractivity contribution is 0.102. The van der Waals surface area contributed by atoms with E-state index in [2.05, 4.69) is 29.3 Å². The van der Waals surface area contributed by atoms with E-state index in [1.54, 1.807) is 11.7 Å². The van der Waals surface area contributed by atoms with Gasteiger partial charge in [0.2, 0.25) is 0 Å². The normalized spacial score (nSPS) is 11.9. The van der Waals surface area contributed by atoms with Gasteiger partial charge in [-0.25, -0.2) is 18.4 Å². The molecule has 2 aromatic heterocycles. The van der Waals surface area contributed by atoms with E-state index in [1.165, 1.54) is 41.8 Å². The van der Waals surface area contributed by atoms with Gasteiger partial charge in [0.05, 0.1) is 21.5 Å². The molecule has 1 amide bonds. The van der Waals surface area contributed by atoms with Crippen molar-refractivity contribution in [3.63, 3.8) is 0 Å². The Kier molecular flexibility index (Phi) is 6.82. The molecule has 164 valence electrons. The number of rotatable bonds is 8. The number of sulfone groups is 1. The highest BCUT2D eigenvalue weighted by Crippen LogP contribution is 2.48. The van der Waals surface area contributed by atoms with Gasteiger partial charge >= 0.3 is 7.60 Å². The summed E-state index contributed by atoms with van der Waals surface area (Å²) in [7, 11) is -5.50. The van der Waals surface area contributed by atoms with Crippen molar-refractivity contribution in [2.24, 2.45) is 0 Å². The summed E-state index contributed by atoms with van der Waals surface area (Å²) >= 11 is 1.34. The molecule has 0 radical (unpaired) electrons. The van der Waals surface area contributed by atoms with Gasteiger partial charge in [-0.2, -0.15) is 0 Å². The monoisotopic (exact) mass is 483 g/mol. The molecule has 3 N–H and O–H groups in total. The van der Waals surface area contributed by atoms with Crippen molar-refractivity contribution < 1.29 is 26.8 Å². The van der Waals surface area contributed by atoms with Crippen LogP contribution in [-0.2, 0) is 23.4 Å². The number of nitrogen functional groups attached to an aromatic ring is 1. The van der Waals surface area contributed by atoms with E-state index in [-0.39, 0.29) is 16.4 Å². The molecule has 0 aliphatic carbocycles. The summed E-state index contributed by atoms with van der Waals surface area (Å²) in [5, 5.41) is 2.59. The molecular formula is C17H18N5O6PS2. The number of nitrogens with zero attached hydrogens (tertiary/aromatic N) is 3. The van der Waals surface area contributed by atoms with E-state index in [9.17, 15) is 17.8 Å². The summed E-state index contributed by atoms with van der Waals surface area (Å²) in [5.41, 5.74) is 7.27. The van der Waals surface area contributed by atoms with E-state index in [0.717, 1.165) is 19.1 Å². The second-order valence-corrected chi connectivity index (χ2v) is 11.6. The molecule has 1 aromatic carbocycles. The van der Waals surface area contributed by atoms with Crippen molar-refractivity contribution in [1.29, 1.82) is 0 Å². The number of carbonyl (C=O) groups is 1. The lowest BCUT2D eigenvalue weighted by Gasteiger charge is -2.14. The Bertz CT molecular complexity index is 1220. The lowest BCUT2D eigenvalue weighted by atomic mass is 10.3. The summed E-state index contributed by atoms with van der Waals surface area (Å²) < 4.78 is 46.4. The van der Waals surface area contributed by atoms with Crippen LogP contribution >= 0.6 is 18.9 Å². The number of anilines is 2. The zero-order chi connectivity index (χ0) is 22.6. The molecule has 2 heterocycles. The summed E-state index contributed by atoms with van der Waals surface area (Å²) in [4.78, 5) is 25.4. The predicted molar refractivity (Wildman–Crippen MR) is 116 cm³/mol. The van der Waals surface area contributed by atoms with Gasteiger partial charge in [0.1, 0.15) is 5.69 Å². The lowest BCUT2D eigenvalue weighted by Crippen LogP contribution is -2.17. The second-order valence-electron chi connectivity index (χ2n) is 6.05. The first kappa shape index (κ1) is 23.0. The largest absolute Gasteiger partial charge is 0.382 e. The van der Waals surface area contributed by atoms with Gasteiger partial charge in [-0.3, -0.25) is 14.3 Å². The Morgan fingerprint density at radius 2 is 1.87 bits per heavy atom. The maximum atomic E-state index is 12.6. The highest BCUT2D eigenvalue weighted by Gasteiger charge is 2.31. The number of carbonyl (C=O) groups excluding carboxylic acids is 1. The van der Waals surface area contributed by atoms with Crippen LogP contribution in [0, 0.1) is 0 Å². The number of hydrogen-bond donors (Lipinski definition) is 2. The molecule has 3 aromatic rings. The maximum absolute atomic E-state index is 12.6. The Hall–Kier alpha value is -2.70. The molecule has 0 aliphatic heterocycles. The van der Waals surface area contributed by atoms with Crippen molar-refractivity contribution in [2.45, 2.75) is 4.90 Å². The predicted octanol–water partition coefficient (Wildman–Crippen LogP) is 2.65. The Balaban J connectivity index is 1.78. The third kappa shape index (κ3) is 5.32. The van der Waals surface area contributed by atoms with Gasteiger partial charge in [0, 0.05) is 26.1 Å². The molecule has 0 fully saturated rings. The van der Waals surface area contributed by atoms with Crippen LogP contribution < -0.4 is 11.1 Å². The molecule has 0 atom stereocenters. The van der Waals surface area contributed by atoms with Crippen molar-refractivity contribution in [2.75, 3.05) is 30.8 Å². The molecule has 0 aliphatic rings. The van der Waals surface area contributed by atoms with Crippen molar-refractivity contribution in [1.82, 2.24) is 15.0 Å². The number of nitrogens with two attached hydrogens (primary N) is 1. The molecule has 31 heavy (non-hydrogen) atoms. The molecule has 0 saturated heterocycles. The fourth-order valence-electron chi connectivity index (χ4n) is 2.43. The topological polar surface area (TPSA) is 163 Å². The van der Waals surface area contributed by atoms with Crippen LogP contribution in [0.1, 0.15) is 10.5 Å². The Morgan fingerprint density at radius 1 is 1.19 bits per heavy atom. The first-order valence-electron chi connectivity index (χ1n) is 8.53. The fourth-order valence-corrected chi connectivity index (χ4v) is 6.81. The number of nitrogens with one attached hydrogen (secondary N) is 1. The molecule has 11 nitrogen and oxygen atoms in total. The number of benzene rings is 1. The van der Waals surface area contributed by atoms with Gasteiger partial charge in [-0.1, -0.05) is 0 Å². The first-order valence-corrected chi connectivity index (χ1v) is 12.8. The van der Waals surface area contributed by atoms with E-state index in [4.69, 9.17) is 5.73 Å². The summed E-state index contributed by atoms with van der Waals surface area (Å²) in [5.74, 6) is -0.671. The molecule has 0 saturated carbocycles. The SMILES string of the molecule is COP(=O)(CS(=O)(=O)c1ccc(NC(=O)c2nc(-c3cncs3)cnc2N)cc1)OC. The van der Waals surface area contributed by atoms with Crippen molar-refractivity contribution in [3.05, 3.63) is 47.9 Å². The number of thiazole rings is 1. The quantitative estimate of drug-likeness (QED) is 0.455. The third-order valence-corrected chi connectivity index (χ3v) is 9.58. The molecule has 3 rings (SSSR count). The van der Waals surface area contributed by atoms with Crippen molar-refractivity contribution in [3.8, 4) is 10.6 Å².